The summed E-state index contributed by atoms with van der Waals surface area (Å²) < 4.78 is 20.8. The molecule has 0 heterocycles. The second kappa shape index (κ2) is 15.0. The molecule has 0 bridgehead atoms. The van der Waals surface area contributed by atoms with Crippen LogP contribution in [-0.4, -0.2) is 42.8 Å². The van der Waals surface area contributed by atoms with Crippen molar-refractivity contribution in [3.8, 4) is 0 Å². The van der Waals surface area contributed by atoms with Crippen LogP contribution >= 0.6 is 0 Å². The lowest BCUT2D eigenvalue weighted by Gasteiger charge is -2.46. The third-order valence-corrected chi connectivity index (χ3v) is 23.6. The van der Waals surface area contributed by atoms with Crippen molar-refractivity contribution in [2.75, 3.05) is 0 Å². The van der Waals surface area contributed by atoms with Crippen LogP contribution in [0.2, 0.25) is 55.9 Å². The Balaban J connectivity index is 1.81. The summed E-state index contributed by atoms with van der Waals surface area (Å²) in [6, 6.07) is 0. The normalized spacial score (nSPS) is 29.7. The van der Waals surface area contributed by atoms with Gasteiger partial charge in [0.1, 0.15) is 0 Å². The Hall–Kier alpha value is -0.249. The molecule has 1 unspecified atom stereocenters. The minimum atomic E-state index is -1.97. The molecule has 3 rings (SSSR count). The molecule has 0 aliphatic heterocycles. The van der Waals surface area contributed by atoms with E-state index in [-0.39, 0.29) is 27.9 Å². The molecule has 3 aliphatic carbocycles. The van der Waals surface area contributed by atoms with Crippen molar-refractivity contribution in [1.82, 2.24) is 0 Å². The second-order valence-electron chi connectivity index (χ2n) is 21.2. The predicted octanol–water partition coefficient (Wildman–Crippen LogP) is 13.6. The first-order valence-corrected chi connectivity index (χ1v) is 28.9. The number of hydrogen-bond acceptors (Lipinski definition) is 3. The van der Waals surface area contributed by atoms with E-state index in [4.69, 9.17) is 13.3 Å². The molecule has 0 aromatic carbocycles. The van der Waals surface area contributed by atoms with E-state index in [1.165, 1.54) is 62.5 Å². The van der Waals surface area contributed by atoms with Crippen molar-refractivity contribution in [3.63, 3.8) is 0 Å². The minimum Gasteiger partial charge on any atom is -0.413 e. The lowest BCUT2D eigenvalue weighted by Crippen LogP contribution is -2.49. The highest BCUT2D eigenvalue weighted by atomic mass is 28.4. The fraction of sp³-hybridized carbons (Fsp3) is 0.857. The van der Waals surface area contributed by atoms with Crippen molar-refractivity contribution in [3.05, 3.63) is 35.5 Å². The van der Waals surface area contributed by atoms with Gasteiger partial charge in [0.15, 0.2) is 25.0 Å². The van der Waals surface area contributed by atoms with E-state index in [9.17, 15) is 0 Å². The SMILES string of the molecule is C=C1[C@H](O[Si](C)(C)C(C)(C)C)CC(=C/C=C2\CCC[C@@]3(C)C2CC[C@@H]3[C@@H](C)CCCC(C)(C)O[Si](C)(C)C)C[C@H]1O[Si](C)(C)C(C)(C)C. The smallest absolute Gasteiger partial charge is 0.192 e. The van der Waals surface area contributed by atoms with Crippen molar-refractivity contribution in [1.29, 1.82) is 0 Å². The van der Waals surface area contributed by atoms with E-state index in [1.54, 1.807) is 5.57 Å². The van der Waals surface area contributed by atoms with E-state index in [2.05, 4.69) is 134 Å². The van der Waals surface area contributed by atoms with Crippen molar-refractivity contribution in [2.45, 2.75) is 207 Å². The molecule has 0 saturated heterocycles. The zero-order valence-electron chi connectivity index (χ0n) is 35.0. The predicted molar refractivity (Wildman–Crippen MR) is 218 cm³/mol. The zero-order valence-corrected chi connectivity index (χ0v) is 38.0. The largest absolute Gasteiger partial charge is 0.413 e. The average molecular weight is 717 g/mol. The quantitative estimate of drug-likeness (QED) is 0.149. The standard InChI is InChI=1S/C42H80O3Si3/c1-31(21-19-27-41(9,10)45-46(12,13)14)35-25-26-36-34(22-20-28-42(35,36)11)24-23-33-29-37(43-47(15,16)39(3,4)5)32(2)38(30-33)44-48(17,18)40(6,7)8/h23-24,31,35-38H,2,19-22,25-30H2,1,3-18H3/b34-24+/t31-,35+,36?,37+,38+,42+/m0/s1. The first-order valence-electron chi connectivity index (χ1n) is 19.7. The summed E-state index contributed by atoms with van der Waals surface area (Å²) in [4.78, 5) is 0. The van der Waals surface area contributed by atoms with Crippen LogP contribution in [0.4, 0.5) is 0 Å². The van der Waals surface area contributed by atoms with Crippen LogP contribution < -0.4 is 0 Å². The molecule has 0 aromatic rings. The highest BCUT2D eigenvalue weighted by molar-refractivity contribution is 6.74. The van der Waals surface area contributed by atoms with Crippen LogP contribution in [0.3, 0.4) is 0 Å². The van der Waals surface area contributed by atoms with Gasteiger partial charge >= 0.3 is 0 Å². The van der Waals surface area contributed by atoms with Gasteiger partial charge in [-0.2, -0.15) is 0 Å². The number of hydrogen-bond donors (Lipinski definition) is 0. The Morgan fingerprint density at radius 3 is 1.83 bits per heavy atom. The van der Waals surface area contributed by atoms with E-state index in [0.29, 0.717) is 5.41 Å². The summed E-state index contributed by atoms with van der Waals surface area (Å²) in [5, 5.41) is 0.320. The van der Waals surface area contributed by atoms with Gasteiger partial charge in [-0.25, -0.2) is 0 Å². The molecule has 0 radical (unpaired) electrons. The van der Waals surface area contributed by atoms with E-state index >= 15 is 0 Å². The zero-order chi connectivity index (χ0) is 36.7. The van der Waals surface area contributed by atoms with E-state index < -0.39 is 25.0 Å². The number of rotatable bonds is 12. The topological polar surface area (TPSA) is 27.7 Å². The van der Waals surface area contributed by atoms with Gasteiger partial charge in [0.05, 0.1) is 17.8 Å². The monoisotopic (exact) mass is 717 g/mol. The maximum atomic E-state index is 7.12. The highest BCUT2D eigenvalue weighted by Gasteiger charge is 2.51. The van der Waals surface area contributed by atoms with Gasteiger partial charge in [-0.15, -0.1) is 0 Å². The maximum absolute atomic E-state index is 7.12. The van der Waals surface area contributed by atoms with Crippen molar-refractivity contribution < 1.29 is 13.3 Å². The molecule has 0 spiro atoms. The van der Waals surface area contributed by atoms with E-state index in [1.807, 2.05) is 0 Å². The lowest BCUT2D eigenvalue weighted by atomic mass is 9.60. The molecule has 6 heteroatoms. The maximum Gasteiger partial charge on any atom is 0.192 e. The van der Waals surface area contributed by atoms with Gasteiger partial charge in [0.2, 0.25) is 0 Å². The van der Waals surface area contributed by atoms with Crippen LogP contribution in [0, 0.1) is 23.2 Å². The molecule has 3 fully saturated rings. The average Bonchev–Trinajstić information content (AvgIpc) is 3.24. The summed E-state index contributed by atoms with van der Waals surface area (Å²) >= 11 is 0. The summed E-state index contributed by atoms with van der Waals surface area (Å²) in [5.74, 6) is 2.31. The molecule has 0 aromatic heterocycles. The van der Waals surface area contributed by atoms with Gasteiger partial charge in [0, 0.05) is 0 Å². The van der Waals surface area contributed by atoms with Crippen LogP contribution in [0.5, 0.6) is 0 Å². The first kappa shape index (κ1) is 42.2. The Morgan fingerprint density at radius 1 is 0.833 bits per heavy atom. The molecule has 3 saturated carbocycles. The summed E-state index contributed by atoms with van der Waals surface area (Å²) in [5.41, 5.74) is 4.79. The molecule has 6 atom stereocenters. The molecular formula is C42H80O3Si3. The van der Waals surface area contributed by atoms with Gasteiger partial charge in [-0.05, 0) is 150 Å². The van der Waals surface area contributed by atoms with Crippen LogP contribution in [-0.2, 0) is 13.3 Å². The molecular weight excluding hydrogens is 637 g/mol. The number of allylic oxidation sites excluding steroid dienone is 3. The molecule has 3 aliphatic rings. The Bertz CT molecular complexity index is 1130. The molecule has 0 amide bonds. The molecule has 3 nitrogen and oxygen atoms in total. The van der Waals surface area contributed by atoms with Crippen molar-refractivity contribution in [2.24, 2.45) is 23.2 Å². The van der Waals surface area contributed by atoms with Gasteiger partial charge < -0.3 is 13.3 Å². The first-order chi connectivity index (χ1) is 21.6. The van der Waals surface area contributed by atoms with Crippen LogP contribution in [0.1, 0.15) is 133 Å². The van der Waals surface area contributed by atoms with Gasteiger partial charge in [0.25, 0.3) is 0 Å². The summed E-state index contributed by atoms with van der Waals surface area (Å²) in [6.45, 7) is 45.0. The van der Waals surface area contributed by atoms with E-state index in [0.717, 1.165) is 30.6 Å². The molecule has 0 N–H and O–H groups in total. The third-order valence-electron chi connectivity index (χ3n) is 13.5. The lowest BCUT2D eigenvalue weighted by molar-refractivity contribution is 0.0735. The van der Waals surface area contributed by atoms with Crippen LogP contribution in [0.15, 0.2) is 35.5 Å². The highest BCUT2D eigenvalue weighted by Crippen LogP contribution is 2.60. The molecule has 278 valence electrons. The Morgan fingerprint density at radius 2 is 1.35 bits per heavy atom. The minimum absolute atomic E-state index is 0.00446. The van der Waals surface area contributed by atoms with Gasteiger partial charge in [-0.1, -0.05) is 98.1 Å². The third kappa shape index (κ3) is 10.4. The second-order valence-corrected chi connectivity index (χ2v) is 35.2. The molecule has 48 heavy (non-hydrogen) atoms. The Kier molecular flexibility index (Phi) is 13.2. The Labute approximate surface area is 302 Å². The number of fused-ring (bicyclic) bond motifs is 1. The fourth-order valence-electron chi connectivity index (χ4n) is 8.83. The van der Waals surface area contributed by atoms with Crippen LogP contribution in [0.25, 0.3) is 0 Å². The van der Waals surface area contributed by atoms with Crippen molar-refractivity contribution >= 4 is 25.0 Å². The fourth-order valence-corrected chi connectivity index (χ4v) is 13.2. The summed E-state index contributed by atoms with van der Waals surface area (Å²) in [7, 11) is -5.48. The summed E-state index contributed by atoms with van der Waals surface area (Å²) in [6.07, 6.45) is 17.5. The van der Waals surface area contributed by atoms with Gasteiger partial charge in [-0.3, -0.25) is 0 Å².